The molecule has 1 N–H and O–H groups in total. The minimum absolute atomic E-state index is 0.0413. The van der Waals surface area contributed by atoms with Crippen LogP contribution in [-0.4, -0.2) is 23.1 Å². The summed E-state index contributed by atoms with van der Waals surface area (Å²) in [7, 11) is 0. The maximum Gasteiger partial charge on any atom is 0.309 e. The molecule has 4 aliphatic rings. The first kappa shape index (κ1) is 18.3. The maximum atomic E-state index is 12.2. The van der Waals surface area contributed by atoms with Crippen LogP contribution in [0.25, 0.3) is 0 Å². The fourth-order valence-corrected chi connectivity index (χ4v) is 8.35. The number of fused-ring (bicyclic) bond motifs is 3. The van der Waals surface area contributed by atoms with Crippen LogP contribution >= 0.6 is 0 Å². The molecule has 4 aliphatic carbocycles. The Hall–Kier alpha value is -1.06. The number of ether oxygens (including phenoxy) is 1. The van der Waals surface area contributed by atoms with Crippen molar-refractivity contribution in [1.82, 2.24) is 0 Å². The molecule has 4 heteroatoms. The highest BCUT2D eigenvalue weighted by atomic mass is 16.5. The molecule has 0 aromatic rings. The van der Waals surface area contributed by atoms with Crippen molar-refractivity contribution in [1.29, 1.82) is 0 Å². The minimum Gasteiger partial charge on any atom is -0.481 e. The molecule has 0 aliphatic heterocycles. The van der Waals surface area contributed by atoms with Crippen LogP contribution in [0, 0.1) is 33.5 Å². The summed E-state index contributed by atoms with van der Waals surface area (Å²) in [6.45, 7) is 8.23. The second-order valence-electron chi connectivity index (χ2n) is 10.8. The highest BCUT2D eigenvalue weighted by molar-refractivity contribution is 5.75. The average Bonchev–Trinajstić information content (AvgIpc) is 2.72. The molecule has 0 amide bonds. The van der Waals surface area contributed by atoms with Gasteiger partial charge in [-0.05, 0) is 81.0 Å². The van der Waals surface area contributed by atoms with Crippen LogP contribution in [0.15, 0.2) is 0 Å². The van der Waals surface area contributed by atoms with E-state index in [1.807, 2.05) is 6.92 Å². The van der Waals surface area contributed by atoms with E-state index in [2.05, 4.69) is 13.8 Å². The third-order valence-corrected chi connectivity index (χ3v) is 9.37. The van der Waals surface area contributed by atoms with Gasteiger partial charge in [-0.2, -0.15) is 0 Å². The molecule has 4 fully saturated rings. The molecule has 7 atom stereocenters. The second-order valence-corrected chi connectivity index (χ2v) is 10.8. The number of rotatable bonds is 2. The van der Waals surface area contributed by atoms with Crippen molar-refractivity contribution in [3.63, 3.8) is 0 Å². The summed E-state index contributed by atoms with van der Waals surface area (Å²) in [4.78, 5) is 23.8. The molecule has 4 nitrogen and oxygen atoms in total. The summed E-state index contributed by atoms with van der Waals surface area (Å²) >= 11 is 0. The van der Waals surface area contributed by atoms with E-state index in [0.29, 0.717) is 5.92 Å². The molecule has 2 bridgehead atoms. The minimum atomic E-state index is -0.603. The van der Waals surface area contributed by atoms with Gasteiger partial charge >= 0.3 is 11.9 Å². The molecule has 0 radical (unpaired) electrons. The Balaban J connectivity index is 1.69. The second kappa shape index (κ2) is 5.48. The lowest BCUT2D eigenvalue weighted by molar-refractivity contribution is -0.182. The molecular weight excluding hydrogens is 328 g/mol. The fraction of sp³-hybridized carbons (Fsp3) is 0.909. The molecule has 0 aromatic heterocycles. The topological polar surface area (TPSA) is 63.6 Å². The van der Waals surface area contributed by atoms with Crippen LogP contribution in [-0.2, 0) is 14.3 Å². The number of carboxylic acid groups (broad SMARTS) is 1. The highest BCUT2D eigenvalue weighted by Crippen LogP contribution is 2.74. The van der Waals surface area contributed by atoms with E-state index in [1.165, 1.54) is 6.92 Å². The summed E-state index contributed by atoms with van der Waals surface area (Å²) in [5.74, 6) is 0.0809. The highest BCUT2D eigenvalue weighted by Gasteiger charge is 2.68. The first-order valence-electron chi connectivity index (χ1n) is 10.5. The summed E-state index contributed by atoms with van der Waals surface area (Å²) in [5, 5.41) is 10.0. The van der Waals surface area contributed by atoms with E-state index >= 15 is 0 Å². The van der Waals surface area contributed by atoms with Crippen molar-refractivity contribution in [2.45, 2.75) is 91.6 Å². The molecule has 0 aromatic carbocycles. The third kappa shape index (κ3) is 2.26. The molecule has 4 saturated carbocycles. The Bertz CT molecular complexity index is 644. The van der Waals surface area contributed by atoms with Crippen LogP contribution in [0.5, 0.6) is 0 Å². The van der Waals surface area contributed by atoms with E-state index in [1.54, 1.807) is 0 Å². The predicted molar refractivity (Wildman–Crippen MR) is 98.5 cm³/mol. The lowest BCUT2D eigenvalue weighted by atomic mass is 9.40. The van der Waals surface area contributed by atoms with E-state index in [0.717, 1.165) is 57.8 Å². The standard InChI is InChI=1S/C22H34O4/c1-14(23)26-17-12-22-11-7-15-20(3,8-5-9-21(15,4)18(24)25)16(22)6-10-19(17,2)13-22/h15-17H,5-13H2,1-4H3,(H,24,25)/t15-,16-,17+,19+,20+,21+,22-/m0/s1. The van der Waals surface area contributed by atoms with Gasteiger partial charge in [0, 0.05) is 12.3 Å². The van der Waals surface area contributed by atoms with E-state index in [-0.39, 0.29) is 34.2 Å². The van der Waals surface area contributed by atoms with Crippen molar-refractivity contribution in [2.24, 2.45) is 33.5 Å². The summed E-state index contributed by atoms with van der Waals surface area (Å²) in [6.07, 6.45) is 9.55. The SMILES string of the molecule is CC(=O)O[C@@H]1C[C@]23CC[C@H]4[C@@](C)(CCC[C@@]4(C)C(=O)O)[C@@H]2CC[C@]1(C)C3. The molecule has 26 heavy (non-hydrogen) atoms. The van der Waals surface area contributed by atoms with E-state index in [9.17, 15) is 14.7 Å². The van der Waals surface area contributed by atoms with Gasteiger partial charge in [-0.3, -0.25) is 9.59 Å². The van der Waals surface area contributed by atoms with Gasteiger partial charge in [0.2, 0.25) is 0 Å². The van der Waals surface area contributed by atoms with Crippen molar-refractivity contribution < 1.29 is 19.4 Å². The van der Waals surface area contributed by atoms with Crippen molar-refractivity contribution in [3.05, 3.63) is 0 Å². The van der Waals surface area contributed by atoms with Crippen LogP contribution in [0.3, 0.4) is 0 Å². The zero-order valence-corrected chi connectivity index (χ0v) is 16.8. The molecule has 0 unspecified atom stereocenters. The Kier molecular flexibility index (Phi) is 3.86. The molecular formula is C22H34O4. The number of carboxylic acids is 1. The monoisotopic (exact) mass is 362 g/mol. The molecule has 4 rings (SSSR count). The van der Waals surface area contributed by atoms with Crippen LogP contribution in [0.2, 0.25) is 0 Å². The Morgan fingerprint density at radius 3 is 2.35 bits per heavy atom. The van der Waals surface area contributed by atoms with Crippen molar-refractivity contribution in [3.8, 4) is 0 Å². The van der Waals surface area contributed by atoms with Gasteiger partial charge in [-0.25, -0.2) is 0 Å². The molecule has 1 spiro atoms. The van der Waals surface area contributed by atoms with Gasteiger partial charge in [-0.1, -0.05) is 20.3 Å². The first-order valence-corrected chi connectivity index (χ1v) is 10.5. The lowest BCUT2D eigenvalue weighted by Crippen LogP contribution is -2.58. The summed E-state index contributed by atoms with van der Waals surface area (Å²) in [5.41, 5.74) is -0.120. The van der Waals surface area contributed by atoms with Gasteiger partial charge in [0.15, 0.2) is 0 Å². The van der Waals surface area contributed by atoms with Crippen LogP contribution in [0.4, 0.5) is 0 Å². The largest absolute Gasteiger partial charge is 0.481 e. The van der Waals surface area contributed by atoms with Gasteiger partial charge < -0.3 is 9.84 Å². The normalized spacial score (nSPS) is 52.7. The van der Waals surface area contributed by atoms with E-state index in [4.69, 9.17) is 4.74 Å². The third-order valence-electron chi connectivity index (χ3n) is 9.37. The zero-order valence-electron chi connectivity index (χ0n) is 16.8. The number of carbonyl (C=O) groups is 2. The Morgan fingerprint density at radius 1 is 1.00 bits per heavy atom. The Morgan fingerprint density at radius 2 is 1.69 bits per heavy atom. The van der Waals surface area contributed by atoms with E-state index < -0.39 is 11.4 Å². The van der Waals surface area contributed by atoms with Gasteiger partial charge in [0.1, 0.15) is 6.10 Å². The number of carbonyl (C=O) groups excluding carboxylic acids is 1. The Labute approximate surface area is 157 Å². The lowest BCUT2D eigenvalue weighted by Gasteiger charge is -2.63. The summed E-state index contributed by atoms with van der Waals surface area (Å²) in [6, 6.07) is 0. The van der Waals surface area contributed by atoms with Gasteiger partial charge in [0.05, 0.1) is 5.41 Å². The number of esters is 1. The van der Waals surface area contributed by atoms with Gasteiger partial charge in [0.25, 0.3) is 0 Å². The fourth-order valence-electron chi connectivity index (χ4n) is 8.35. The molecule has 0 heterocycles. The molecule has 0 saturated heterocycles. The smallest absolute Gasteiger partial charge is 0.309 e. The number of hydrogen-bond acceptors (Lipinski definition) is 3. The van der Waals surface area contributed by atoms with Crippen molar-refractivity contribution in [2.75, 3.05) is 0 Å². The maximum absolute atomic E-state index is 12.2. The predicted octanol–water partition coefficient (Wildman–Crippen LogP) is 4.81. The van der Waals surface area contributed by atoms with Gasteiger partial charge in [-0.15, -0.1) is 0 Å². The first-order chi connectivity index (χ1) is 12.1. The zero-order chi connectivity index (χ0) is 19.0. The van der Waals surface area contributed by atoms with Crippen LogP contribution < -0.4 is 0 Å². The number of hydrogen-bond donors (Lipinski definition) is 1. The molecule has 146 valence electrons. The van der Waals surface area contributed by atoms with Crippen LogP contribution in [0.1, 0.15) is 85.5 Å². The summed E-state index contributed by atoms with van der Waals surface area (Å²) < 4.78 is 5.79. The van der Waals surface area contributed by atoms with Crippen molar-refractivity contribution >= 4 is 11.9 Å². The average molecular weight is 363 g/mol. The number of aliphatic carboxylic acids is 1. The quantitative estimate of drug-likeness (QED) is 0.716.